The number of anilines is 1. The molecule has 3 heteroatoms. The van der Waals surface area contributed by atoms with Gasteiger partial charge in [0.15, 0.2) is 0 Å². The predicted molar refractivity (Wildman–Crippen MR) is 79.4 cm³/mol. The van der Waals surface area contributed by atoms with Crippen LogP contribution in [0.3, 0.4) is 0 Å². The maximum atomic E-state index is 9.98. The second-order valence-corrected chi connectivity index (χ2v) is 5.78. The zero-order valence-electron chi connectivity index (χ0n) is 11.3. The Bertz CT molecular complexity index is 628. The van der Waals surface area contributed by atoms with E-state index in [9.17, 15) is 5.11 Å². The maximum absolute atomic E-state index is 9.98. The van der Waals surface area contributed by atoms with Crippen LogP contribution in [0.25, 0.3) is 0 Å². The molecule has 3 nitrogen and oxygen atoms in total. The molecule has 2 N–H and O–H groups in total. The molecule has 1 fully saturated rings. The first-order valence-electron chi connectivity index (χ1n) is 7.14. The van der Waals surface area contributed by atoms with Gasteiger partial charge >= 0.3 is 0 Å². The fraction of sp³-hybridized carbons (Fsp3) is 0.294. The van der Waals surface area contributed by atoms with Crippen molar-refractivity contribution in [3.63, 3.8) is 0 Å². The Kier molecular flexibility index (Phi) is 2.59. The predicted octanol–water partition coefficient (Wildman–Crippen LogP) is 2.21. The molecule has 2 aromatic rings. The Morgan fingerprint density at radius 2 is 1.85 bits per heavy atom. The molecule has 0 spiro atoms. The summed E-state index contributed by atoms with van der Waals surface area (Å²) in [6.45, 7) is 0.117. The molecule has 4 rings (SSSR count). The number of aliphatic hydroxyl groups is 1. The van der Waals surface area contributed by atoms with Gasteiger partial charge in [-0.3, -0.25) is 0 Å². The smallest absolute Gasteiger partial charge is 0.0872 e. The standard InChI is InChI=1S/C17H18N2O/c20-12-17(14-7-2-1-3-8-14)11-15-10-13-6-4-5-9-16(13)19(15)18-17/h1-9,15,18,20H,10-12H2/t15-,17+/m0/s1. The van der Waals surface area contributed by atoms with E-state index in [2.05, 4.69) is 46.8 Å². The van der Waals surface area contributed by atoms with Crippen LogP contribution in [0, 0.1) is 0 Å². The van der Waals surface area contributed by atoms with Crippen LogP contribution in [0.1, 0.15) is 17.5 Å². The molecule has 0 saturated carbocycles. The number of benzene rings is 2. The van der Waals surface area contributed by atoms with E-state index in [1.165, 1.54) is 11.3 Å². The van der Waals surface area contributed by atoms with Gasteiger partial charge in [0.1, 0.15) is 0 Å². The molecule has 102 valence electrons. The van der Waals surface area contributed by atoms with Crippen molar-refractivity contribution < 1.29 is 5.11 Å². The zero-order valence-corrected chi connectivity index (χ0v) is 11.3. The molecule has 0 aliphatic carbocycles. The van der Waals surface area contributed by atoms with Crippen molar-refractivity contribution in [3.8, 4) is 0 Å². The van der Waals surface area contributed by atoms with Crippen molar-refractivity contribution in [1.29, 1.82) is 0 Å². The summed E-state index contributed by atoms with van der Waals surface area (Å²) in [7, 11) is 0. The first kappa shape index (κ1) is 11.9. The van der Waals surface area contributed by atoms with Crippen LogP contribution in [-0.2, 0) is 12.0 Å². The minimum atomic E-state index is -0.348. The SMILES string of the molecule is OC[C@@]1(c2ccccc2)C[C@@H]2Cc3ccccc3N2N1. The average Bonchev–Trinajstić information content (AvgIpc) is 3.03. The fourth-order valence-corrected chi connectivity index (χ4v) is 3.58. The summed E-state index contributed by atoms with van der Waals surface area (Å²) in [6.07, 6.45) is 1.99. The number of hydrogen-bond donors (Lipinski definition) is 2. The second kappa shape index (κ2) is 4.33. The summed E-state index contributed by atoms with van der Waals surface area (Å²) >= 11 is 0. The monoisotopic (exact) mass is 266 g/mol. The summed E-state index contributed by atoms with van der Waals surface area (Å²) in [5, 5.41) is 12.2. The van der Waals surface area contributed by atoms with Crippen LogP contribution in [0.15, 0.2) is 54.6 Å². The number of aliphatic hydroxyl groups excluding tert-OH is 1. The molecule has 2 heterocycles. The summed E-state index contributed by atoms with van der Waals surface area (Å²) in [6, 6.07) is 19.2. The number of nitrogens with one attached hydrogen (secondary N) is 1. The molecule has 20 heavy (non-hydrogen) atoms. The van der Waals surface area contributed by atoms with Gasteiger partial charge in [0.05, 0.1) is 23.9 Å². The van der Waals surface area contributed by atoms with E-state index in [-0.39, 0.29) is 12.1 Å². The van der Waals surface area contributed by atoms with Crippen molar-refractivity contribution in [2.75, 3.05) is 11.6 Å². The van der Waals surface area contributed by atoms with Crippen LogP contribution in [0.5, 0.6) is 0 Å². The lowest BCUT2D eigenvalue weighted by Gasteiger charge is -2.29. The van der Waals surface area contributed by atoms with Gasteiger partial charge in [-0.25, -0.2) is 5.43 Å². The third-order valence-corrected chi connectivity index (χ3v) is 4.59. The Morgan fingerprint density at radius 1 is 1.10 bits per heavy atom. The van der Waals surface area contributed by atoms with E-state index in [1.54, 1.807) is 0 Å². The van der Waals surface area contributed by atoms with Gasteiger partial charge in [0.2, 0.25) is 0 Å². The molecule has 2 aromatic carbocycles. The van der Waals surface area contributed by atoms with Gasteiger partial charge in [-0.05, 0) is 30.0 Å². The molecule has 0 bridgehead atoms. The maximum Gasteiger partial charge on any atom is 0.0872 e. The number of fused-ring (bicyclic) bond motifs is 3. The highest BCUT2D eigenvalue weighted by molar-refractivity contribution is 5.60. The number of hydrazine groups is 1. The number of para-hydroxylation sites is 1. The van der Waals surface area contributed by atoms with Gasteiger partial charge in [-0.2, -0.15) is 0 Å². The topological polar surface area (TPSA) is 35.5 Å². The van der Waals surface area contributed by atoms with E-state index >= 15 is 0 Å². The highest BCUT2D eigenvalue weighted by atomic mass is 16.3. The normalized spacial score (nSPS) is 27.4. The van der Waals surface area contributed by atoms with Crippen LogP contribution < -0.4 is 10.4 Å². The van der Waals surface area contributed by atoms with Gasteiger partial charge in [-0.1, -0.05) is 48.5 Å². The summed E-state index contributed by atoms with van der Waals surface area (Å²) < 4.78 is 0. The van der Waals surface area contributed by atoms with E-state index in [1.807, 2.05) is 18.2 Å². The van der Waals surface area contributed by atoms with E-state index in [0.29, 0.717) is 6.04 Å². The van der Waals surface area contributed by atoms with Crippen molar-refractivity contribution in [1.82, 2.24) is 5.43 Å². The Balaban J connectivity index is 1.72. The third kappa shape index (κ3) is 1.60. The zero-order chi connectivity index (χ0) is 13.6. The molecule has 0 amide bonds. The minimum absolute atomic E-state index is 0.117. The number of hydrogen-bond acceptors (Lipinski definition) is 3. The van der Waals surface area contributed by atoms with Crippen molar-refractivity contribution >= 4 is 5.69 Å². The van der Waals surface area contributed by atoms with Crippen molar-refractivity contribution in [2.45, 2.75) is 24.4 Å². The summed E-state index contributed by atoms with van der Waals surface area (Å²) in [5.74, 6) is 0. The number of rotatable bonds is 2. The van der Waals surface area contributed by atoms with Crippen molar-refractivity contribution in [2.24, 2.45) is 0 Å². The van der Waals surface area contributed by atoms with Crippen molar-refractivity contribution in [3.05, 3.63) is 65.7 Å². The highest BCUT2D eigenvalue weighted by Crippen LogP contribution is 2.42. The van der Waals surface area contributed by atoms with Gasteiger partial charge < -0.3 is 10.1 Å². The molecule has 2 aliphatic heterocycles. The quantitative estimate of drug-likeness (QED) is 0.875. The average molecular weight is 266 g/mol. The fourth-order valence-electron chi connectivity index (χ4n) is 3.58. The van der Waals surface area contributed by atoms with Crippen LogP contribution in [-0.4, -0.2) is 17.8 Å². The summed E-state index contributed by atoms with van der Waals surface area (Å²) in [4.78, 5) is 0. The van der Waals surface area contributed by atoms with E-state index < -0.39 is 0 Å². The van der Waals surface area contributed by atoms with Gasteiger partial charge in [0, 0.05) is 0 Å². The lowest BCUT2D eigenvalue weighted by atomic mass is 9.86. The first-order valence-corrected chi connectivity index (χ1v) is 7.14. The van der Waals surface area contributed by atoms with E-state index in [0.717, 1.165) is 18.4 Å². The largest absolute Gasteiger partial charge is 0.394 e. The lowest BCUT2D eigenvalue weighted by Crippen LogP contribution is -2.46. The molecule has 0 radical (unpaired) electrons. The molecule has 1 saturated heterocycles. The molecular weight excluding hydrogens is 248 g/mol. The molecule has 0 unspecified atom stereocenters. The Morgan fingerprint density at radius 3 is 2.65 bits per heavy atom. The highest BCUT2D eigenvalue weighted by Gasteiger charge is 2.47. The number of nitrogens with zero attached hydrogens (tertiary/aromatic N) is 1. The molecular formula is C17H18N2O. The van der Waals surface area contributed by atoms with Gasteiger partial charge in [-0.15, -0.1) is 0 Å². The first-order chi connectivity index (χ1) is 9.82. The summed E-state index contributed by atoms with van der Waals surface area (Å²) in [5.41, 5.74) is 7.03. The molecule has 0 aromatic heterocycles. The van der Waals surface area contributed by atoms with Crippen LogP contribution in [0.4, 0.5) is 5.69 Å². The van der Waals surface area contributed by atoms with Gasteiger partial charge in [0.25, 0.3) is 0 Å². The van der Waals surface area contributed by atoms with E-state index in [4.69, 9.17) is 0 Å². The third-order valence-electron chi connectivity index (χ3n) is 4.59. The molecule has 2 aliphatic rings. The Labute approximate surface area is 118 Å². The lowest BCUT2D eigenvalue weighted by molar-refractivity contribution is 0.175. The molecule has 2 atom stereocenters. The van der Waals surface area contributed by atoms with Crippen LogP contribution in [0.2, 0.25) is 0 Å². The Hall–Kier alpha value is -1.84. The van der Waals surface area contributed by atoms with Crippen LogP contribution >= 0.6 is 0 Å². The minimum Gasteiger partial charge on any atom is -0.394 e. The second-order valence-electron chi connectivity index (χ2n) is 5.78.